The SMILES string of the molecule is CC(=O)N1CCc2cc(NC(=O)/C=C/c3ccccc3)ccc21. The molecule has 0 unspecified atom stereocenters. The summed E-state index contributed by atoms with van der Waals surface area (Å²) in [5.41, 5.74) is 3.76. The molecule has 1 heterocycles. The van der Waals surface area contributed by atoms with Crippen LogP contribution in [0.25, 0.3) is 6.08 Å². The van der Waals surface area contributed by atoms with Crippen molar-refractivity contribution in [3.8, 4) is 0 Å². The molecular formula is C19H18N2O2. The average Bonchev–Trinajstić information content (AvgIpc) is 2.97. The maximum absolute atomic E-state index is 12.0. The zero-order valence-electron chi connectivity index (χ0n) is 13.0. The predicted molar refractivity (Wildman–Crippen MR) is 92.3 cm³/mol. The number of fused-ring (bicyclic) bond motifs is 1. The van der Waals surface area contributed by atoms with E-state index in [9.17, 15) is 9.59 Å². The molecule has 1 aliphatic rings. The lowest BCUT2D eigenvalue weighted by molar-refractivity contribution is -0.116. The molecule has 23 heavy (non-hydrogen) atoms. The second kappa shape index (κ2) is 6.48. The highest BCUT2D eigenvalue weighted by atomic mass is 16.2. The molecule has 2 aromatic rings. The van der Waals surface area contributed by atoms with Gasteiger partial charge in [0.25, 0.3) is 0 Å². The van der Waals surface area contributed by atoms with Crippen LogP contribution in [0.1, 0.15) is 18.1 Å². The molecule has 0 atom stereocenters. The van der Waals surface area contributed by atoms with E-state index in [1.54, 1.807) is 17.9 Å². The van der Waals surface area contributed by atoms with Gasteiger partial charge in [0.05, 0.1) is 0 Å². The maximum atomic E-state index is 12.0. The summed E-state index contributed by atoms with van der Waals surface area (Å²) in [7, 11) is 0. The number of amides is 2. The molecule has 1 N–H and O–H groups in total. The molecule has 1 aliphatic heterocycles. The largest absolute Gasteiger partial charge is 0.323 e. The zero-order chi connectivity index (χ0) is 16.2. The van der Waals surface area contributed by atoms with Crippen LogP contribution in [-0.2, 0) is 16.0 Å². The van der Waals surface area contributed by atoms with Gasteiger partial charge in [0.2, 0.25) is 11.8 Å². The summed E-state index contributed by atoms with van der Waals surface area (Å²) in [6, 6.07) is 15.3. The number of hydrogen-bond acceptors (Lipinski definition) is 2. The van der Waals surface area contributed by atoms with Crippen LogP contribution in [0, 0.1) is 0 Å². The van der Waals surface area contributed by atoms with Crippen molar-refractivity contribution in [2.75, 3.05) is 16.8 Å². The summed E-state index contributed by atoms with van der Waals surface area (Å²) in [6.07, 6.45) is 4.11. The summed E-state index contributed by atoms with van der Waals surface area (Å²) < 4.78 is 0. The molecule has 4 heteroatoms. The first-order chi connectivity index (χ1) is 11.1. The molecule has 0 saturated carbocycles. The van der Waals surface area contributed by atoms with Crippen molar-refractivity contribution >= 4 is 29.3 Å². The van der Waals surface area contributed by atoms with Crippen molar-refractivity contribution in [3.05, 3.63) is 65.7 Å². The number of nitrogens with one attached hydrogen (secondary N) is 1. The highest BCUT2D eigenvalue weighted by Gasteiger charge is 2.22. The standard InChI is InChI=1S/C19H18N2O2/c1-14(22)21-12-11-16-13-17(8-9-18(16)21)20-19(23)10-7-15-5-3-2-4-6-15/h2-10,13H,11-12H2,1H3,(H,20,23)/b10-7+. The lowest BCUT2D eigenvalue weighted by Crippen LogP contribution is -2.25. The van der Waals surface area contributed by atoms with E-state index in [1.807, 2.05) is 48.5 Å². The van der Waals surface area contributed by atoms with Crippen LogP contribution in [0.3, 0.4) is 0 Å². The van der Waals surface area contributed by atoms with Crippen LogP contribution in [0.2, 0.25) is 0 Å². The van der Waals surface area contributed by atoms with Gasteiger partial charge in [-0.2, -0.15) is 0 Å². The summed E-state index contributed by atoms with van der Waals surface area (Å²) >= 11 is 0. The molecule has 2 amide bonds. The van der Waals surface area contributed by atoms with Gasteiger partial charge in [-0.3, -0.25) is 9.59 Å². The maximum Gasteiger partial charge on any atom is 0.248 e. The zero-order valence-corrected chi connectivity index (χ0v) is 13.0. The van der Waals surface area contributed by atoms with E-state index in [0.29, 0.717) is 6.54 Å². The Balaban J connectivity index is 1.68. The van der Waals surface area contributed by atoms with Crippen molar-refractivity contribution < 1.29 is 9.59 Å². The molecule has 0 bridgehead atoms. The fraction of sp³-hybridized carbons (Fsp3) is 0.158. The molecule has 0 radical (unpaired) electrons. The Morgan fingerprint density at radius 1 is 1.13 bits per heavy atom. The molecule has 0 aromatic heterocycles. The Bertz CT molecular complexity index is 766. The molecule has 116 valence electrons. The number of carbonyl (C=O) groups is 2. The average molecular weight is 306 g/mol. The van der Waals surface area contributed by atoms with Crippen LogP contribution < -0.4 is 10.2 Å². The molecule has 0 saturated heterocycles. The third-order valence-electron chi connectivity index (χ3n) is 3.85. The van der Waals surface area contributed by atoms with Crippen LogP contribution >= 0.6 is 0 Å². The van der Waals surface area contributed by atoms with E-state index in [1.165, 1.54) is 6.08 Å². The van der Waals surface area contributed by atoms with Crippen molar-refractivity contribution in [2.45, 2.75) is 13.3 Å². The van der Waals surface area contributed by atoms with Crippen molar-refractivity contribution in [3.63, 3.8) is 0 Å². The fourth-order valence-electron chi connectivity index (χ4n) is 2.73. The first kappa shape index (κ1) is 15.0. The normalized spacial score (nSPS) is 13.2. The van der Waals surface area contributed by atoms with E-state index < -0.39 is 0 Å². The summed E-state index contributed by atoms with van der Waals surface area (Å²) in [5, 5.41) is 2.86. The molecule has 3 rings (SSSR count). The first-order valence-electron chi connectivity index (χ1n) is 7.58. The van der Waals surface area contributed by atoms with Gasteiger partial charge in [-0.25, -0.2) is 0 Å². The van der Waals surface area contributed by atoms with Gasteiger partial charge in [0, 0.05) is 30.9 Å². The van der Waals surface area contributed by atoms with Crippen LogP contribution in [-0.4, -0.2) is 18.4 Å². The molecule has 4 nitrogen and oxygen atoms in total. The molecule has 2 aromatic carbocycles. The van der Waals surface area contributed by atoms with E-state index in [0.717, 1.165) is 28.9 Å². The number of hydrogen-bond donors (Lipinski definition) is 1. The molecule has 0 fully saturated rings. The summed E-state index contributed by atoms with van der Waals surface area (Å²) in [4.78, 5) is 25.3. The Labute approximate surface area is 135 Å². The lowest BCUT2D eigenvalue weighted by Gasteiger charge is -2.14. The Morgan fingerprint density at radius 3 is 2.65 bits per heavy atom. The monoisotopic (exact) mass is 306 g/mol. The third-order valence-corrected chi connectivity index (χ3v) is 3.85. The number of carbonyl (C=O) groups excluding carboxylic acids is 2. The van der Waals surface area contributed by atoms with Crippen molar-refractivity contribution in [2.24, 2.45) is 0 Å². The topological polar surface area (TPSA) is 49.4 Å². The minimum Gasteiger partial charge on any atom is -0.323 e. The van der Waals surface area contributed by atoms with E-state index in [2.05, 4.69) is 5.32 Å². The lowest BCUT2D eigenvalue weighted by atomic mass is 10.1. The highest BCUT2D eigenvalue weighted by molar-refractivity contribution is 6.02. The van der Waals surface area contributed by atoms with Gasteiger partial charge in [-0.05, 0) is 41.8 Å². The van der Waals surface area contributed by atoms with Gasteiger partial charge in [-0.15, -0.1) is 0 Å². The van der Waals surface area contributed by atoms with Gasteiger partial charge < -0.3 is 10.2 Å². The predicted octanol–water partition coefficient (Wildman–Crippen LogP) is 3.25. The quantitative estimate of drug-likeness (QED) is 0.885. The number of rotatable bonds is 3. The Morgan fingerprint density at radius 2 is 1.91 bits per heavy atom. The van der Waals surface area contributed by atoms with E-state index >= 15 is 0 Å². The summed E-state index contributed by atoms with van der Waals surface area (Å²) in [6.45, 7) is 2.27. The van der Waals surface area contributed by atoms with E-state index in [-0.39, 0.29) is 11.8 Å². The van der Waals surface area contributed by atoms with Crippen LogP contribution in [0.4, 0.5) is 11.4 Å². The highest BCUT2D eigenvalue weighted by Crippen LogP contribution is 2.30. The van der Waals surface area contributed by atoms with Gasteiger partial charge >= 0.3 is 0 Å². The second-order valence-electron chi connectivity index (χ2n) is 5.50. The number of anilines is 2. The fourth-order valence-corrected chi connectivity index (χ4v) is 2.73. The minimum atomic E-state index is -0.171. The number of nitrogens with zero attached hydrogens (tertiary/aromatic N) is 1. The molecule has 0 aliphatic carbocycles. The number of benzene rings is 2. The minimum absolute atomic E-state index is 0.0475. The van der Waals surface area contributed by atoms with Crippen LogP contribution in [0.5, 0.6) is 0 Å². The van der Waals surface area contributed by atoms with E-state index in [4.69, 9.17) is 0 Å². The Hall–Kier alpha value is -2.88. The van der Waals surface area contributed by atoms with Gasteiger partial charge in [0.15, 0.2) is 0 Å². The second-order valence-corrected chi connectivity index (χ2v) is 5.50. The molecule has 0 spiro atoms. The van der Waals surface area contributed by atoms with Gasteiger partial charge in [-0.1, -0.05) is 30.3 Å². The van der Waals surface area contributed by atoms with Crippen molar-refractivity contribution in [1.29, 1.82) is 0 Å². The van der Waals surface area contributed by atoms with Crippen molar-refractivity contribution in [1.82, 2.24) is 0 Å². The first-order valence-corrected chi connectivity index (χ1v) is 7.58. The Kier molecular flexibility index (Phi) is 4.24. The smallest absolute Gasteiger partial charge is 0.248 e. The van der Waals surface area contributed by atoms with Gasteiger partial charge in [0.1, 0.15) is 0 Å². The third kappa shape index (κ3) is 3.48. The molecular weight excluding hydrogens is 288 g/mol. The van der Waals surface area contributed by atoms with Crippen LogP contribution in [0.15, 0.2) is 54.6 Å². The summed E-state index contributed by atoms with van der Waals surface area (Å²) in [5.74, 6) is -0.124.